The van der Waals surface area contributed by atoms with Crippen molar-refractivity contribution in [3.8, 4) is 0 Å². The Morgan fingerprint density at radius 3 is 2.47 bits per heavy atom. The second kappa shape index (κ2) is 8.67. The van der Waals surface area contributed by atoms with Gasteiger partial charge in [-0.1, -0.05) is 24.3 Å². The van der Waals surface area contributed by atoms with E-state index in [-0.39, 0.29) is 12.0 Å². The fraction of sp³-hybridized carbons (Fsp3) is 0.533. The first-order valence-corrected chi connectivity index (χ1v) is 6.63. The summed E-state index contributed by atoms with van der Waals surface area (Å²) >= 11 is 0. The average molecular weight is 265 g/mol. The Kier molecular flexibility index (Phi) is 7.15. The molecule has 19 heavy (non-hydrogen) atoms. The van der Waals surface area contributed by atoms with Crippen molar-refractivity contribution in [2.24, 2.45) is 5.73 Å². The van der Waals surface area contributed by atoms with Gasteiger partial charge in [-0.2, -0.15) is 0 Å². The Hall–Kier alpha value is -1.39. The van der Waals surface area contributed by atoms with Crippen LogP contribution in [0.4, 0.5) is 0 Å². The molecule has 1 unspecified atom stereocenters. The largest absolute Gasteiger partial charge is 0.466 e. The summed E-state index contributed by atoms with van der Waals surface area (Å²) in [5, 5.41) is 0. The summed E-state index contributed by atoms with van der Waals surface area (Å²) < 4.78 is 9.94. The number of nitrogens with two attached hydrogens (primary N) is 1. The summed E-state index contributed by atoms with van der Waals surface area (Å²) in [6.45, 7) is 2.85. The molecule has 0 aliphatic heterocycles. The third kappa shape index (κ3) is 6.36. The fourth-order valence-corrected chi connectivity index (χ4v) is 1.88. The van der Waals surface area contributed by atoms with Crippen molar-refractivity contribution in [1.82, 2.24) is 0 Å². The van der Waals surface area contributed by atoms with Crippen molar-refractivity contribution in [2.75, 3.05) is 13.7 Å². The normalized spacial score (nSPS) is 12.2. The van der Waals surface area contributed by atoms with Gasteiger partial charge in [-0.25, -0.2) is 0 Å². The third-order valence-electron chi connectivity index (χ3n) is 2.86. The molecule has 0 aliphatic rings. The number of methoxy groups -OCH3 is 1. The molecule has 0 amide bonds. The monoisotopic (exact) mass is 265 g/mol. The fourth-order valence-electron chi connectivity index (χ4n) is 1.88. The van der Waals surface area contributed by atoms with Crippen LogP contribution in [0.15, 0.2) is 24.3 Å². The zero-order valence-electron chi connectivity index (χ0n) is 11.7. The topological polar surface area (TPSA) is 61.5 Å². The van der Waals surface area contributed by atoms with Gasteiger partial charge in [0.05, 0.1) is 13.2 Å². The molecule has 4 nitrogen and oxygen atoms in total. The third-order valence-corrected chi connectivity index (χ3v) is 2.86. The summed E-state index contributed by atoms with van der Waals surface area (Å²) in [5.41, 5.74) is 8.34. The van der Waals surface area contributed by atoms with Crippen LogP contribution in [-0.4, -0.2) is 25.7 Å². The highest BCUT2D eigenvalue weighted by molar-refractivity contribution is 5.69. The maximum Gasteiger partial charge on any atom is 0.305 e. The van der Waals surface area contributed by atoms with Gasteiger partial charge < -0.3 is 15.2 Å². The zero-order valence-corrected chi connectivity index (χ0v) is 11.7. The highest BCUT2D eigenvalue weighted by Gasteiger charge is 2.08. The van der Waals surface area contributed by atoms with Crippen LogP contribution in [0.3, 0.4) is 0 Å². The Labute approximate surface area is 114 Å². The van der Waals surface area contributed by atoms with Crippen LogP contribution in [-0.2, 0) is 27.3 Å². The number of hydrogen-bond donors (Lipinski definition) is 1. The van der Waals surface area contributed by atoms with Crippen LogP contribution in [0.1, 0.15) is 30.9 Å². The lowest BCUT2D eigenvalue weighted by atomic mass is 10.0. The molecule has 0 saturated carbocycles. The van der Waals surface area contributed by atoms with E-state index in [1.165, 1.54) is 5.56 Å². The van der Waals surface area contributed by atoms with Gasteiger partial charge in [0.2, 0.25) is 0 Å². The number of hydrogen-bond acceptors (Lipinski definition) is 4. The standard InChI is InChI=1S/C15H23NO3/c1-3-19-15(17)9-8-14(16)10-12-4-6-13(7-5-12)11-18-2/h4-7,14H,3,8-11,16H2,1-2H3. The molecular weight excluding hydrogens is 242 g/mol. The van der Waals surface area contributed by atoms with Crippen LogP contribution in [0, 0.1) is 0 Å². The van der Waals surface area contributed by atoms with Gasteiger partial charge in [0.25, 0.3) is 0 Å². The van der Waals surface area contributed by atoms with Gasteiger partial charge in [-0.15, -0.1) is 0 Å². The van der Waals surface area contributed by atoms with Crippen LogP contribution in [0.2, 0.25) is 0 Å². The van der Waals surface area contributed by atoms with Crippen molar-refractivity contribution in [3.05, 3.63) is 35.4 Å². The molecular formula is C15H23NO3. The number of esters is 1. The van der Waals surface area contributed by atoms with Crippen molar-refractivity contribution in [1.29, 1.82) is 0 Å². The minimum Gasteiger partial charge on any atom is -0.466 e. The number of ether oxygens (including phenoxy) is 2. The first-order chi connectivity index (χ1) is 9.15. The maximum absolute atomic E-state index is 11.2. The van der Waals surface area contributed by atoms with Crippen molar-refractivity contribution in [2.45, 2.75) is 38.8 Å². The maximum atomic E-state index is 11.2. The number of carbonyl (C=O) groups excluding carboxylic acids is 1. The zero-order chi connectivity index (χ0) is 14.1. The molecule has 1 aromatic rings. The molecule has 1 rings (SSSR count). The molecule has 0 aliphatic carbocycles. The summed E-state index contributed by atoms with van der Waals surface area (Å²) in [5.74, 6) is -0.173. The van der Waals surface area contributed by atoms with E-state index in [0.29, 0.717) is 26.1 Å². The van der Waals surface area contributed by atoms with Crippen LogP contribution in [0.5, 0.6) is 0 Å². The van der Waals surface area contributed by atoms with Gasteiger partial charge in [0, 0.05) is 19.6 Å². The summed E-state index contributed by atoms with van der Waals surface area (Å²) in [4.78, 5) is 11.2. The first-order valence-electron chi connectivity index (χ1n) is 6.63. The van der Waals surface area contributed by atoms with E-state index in [2.05, 4.69) is 12.1 Å². The molecule has 106 valence electrons. The highest BCUT2D eigenvalue weighted by atomic mass is 16.5. The summed E-state index contributed by atoms with van der Waals surface area (Å²) in [7, 11) is 1.68. The minimum absolute atomic E-state index is 0.0160. The quantitative estimate of drug-likeness (QED) is 0.731. The van der Waals surface area contributed by atoms with Gasteiger partial charge in [-0.05, 0) is 30.9 Å². The molecule has 0 radical (unpaired) electrons. The molecule has 1 aromatic carbocycles. The van der Waals surface area contributed by atoms with E-state index in [0.717, 1.165) is 12.0 Å². The molecule has 2 N–H and O–H groups in total. The van der Waals surface area contributed by atoms with Crippen LogP contribution < -0.4 is 5.73 Å². The van der Waals surface area contributed by atoms with Crippen molar-refractivity contribution in [3.63, 3.8) is 0 Å². The van der Waals surface area contributed by atoms with E-state index < -0.39 is 0 Å². The Balaban J connectivity index is 2.35. The Morgan fingerprint density at radius 1 is 1.26 bits per heavy atom. The van der Waals surface area contributed by atoms with E-state index in [1.807, 2.05) is 12.1 Å². The minimum atomic E-state index is -0.173. The SMILES string of the molecule is CCOC(=O)CCC(N)Cc1ccc(COC)cc1. The molecule has 1 atom stereocenters. The van der Waals surface area contributed by atoms with Gasteiger partial charge in [-0.3, -0.25) is 4.79 Å². The molecule has 0 bridgehead atoms. The van der Waals surface area contributed by atoms with Crippen molar-refractivity contribution < 1.29 is 14.3 Å². The lowest BCUT2D eigenvalue weighted by Gasteiger charge is -2.11. The van der Waals surface area contributed by atoms with E-state index >= 15 is 0 Å². The lowest BCUT2D eigenvalue weighted by molar-refractivity contribution is -0.143. The molecule has 4 heteroatoms. The number of benzene rings is 1. The molecule has 0 spiro atoms. The van der Waals surface area contributed by atoms with Gasteiger partial charge >= 0.3 is 5.97 Å². The molecule has 0 heterocycles. The highest BCUT2D eigenvalue weighted by Crippen LogP contribution is 2.09. The van der Waals surface area contributed by atoms with Crippen LogP contribution >= 0.6 is 0 Å². The van der Waals surface area contributed by atoms with Gasteiger partial charge in [0.1, 0.15) is 0 Å². The van der Waals surface area contributed by atoms with E-state index in [1.54, 1.807) is 14.0 Å². The lowest BCUT2D eigenvalue weighted by Crippen LogP contribution is -2.24. The van der Waals surface area contributed by atoms with Crippen LogP contribution in [0.25, 0.3) is 0 Å². The van der Waals surface area contributed by atoms with Crippen molar-refractivity contribution >= 4 is 5.97 Å². The summed E-state index contributed by atoms with van der Waals surface area (Å²) in [6, 6.07) is 8.17. The van der Waals surface area contributed by atoms with Gasteiger partial charge in [0.15, 0.2) is 0 Å². The summed E-state index contributed by atoms with van der Waals surface area (Å²) in [6.07, 6.45) is 1.81. The number of rotatable bonds is 8. The second-order valence-electron chi connectivity index (χ2n) is 4.56. The molecule has 0 fully saturated rings. The predicted molar refractivity (Wildman–Crippen MR) is 74.7 cm³/mol. The smallest absolute Gasteiger partial charge is 0.305 e. The van der Waals surface area contributed by atoms with E-state index in [9.17, 15) is 4.79 Å². The predicted octanol–water partition coefficient (Wildman–Crippen LogP) is 2.05. The first kappa shape index (κ1) is 15.7. The number of carbonyl (C=O) groups is 1. The van der Waals surface area contributed by atoms with E-state index in [4.69, 9.17) is 15.2 Å². The second-order valence-corrected chi connectivity index (χ2v) is 4.56. The Morgan fingerprint density at radius 2 is 1.89 bits per heavy atom. The Bertz CT molecular complexity index is 375. The molecule has 0 aromatic heterocycles. The average Bonchev–Trinajstić information content (AvgIpc) is 2.39. The molecule has 0 saturated heterocycles.